The van der Waals surface area contributed by atoms with Crippen molar-refractivity contribution in [2.24, 2.45) is 0 Å². The zero-order chi connectivity index (χ0) is 42.6. The minimum Gasteiger partial charge on any atom is -0.449 e. The molecule has 5 aromatic carbocycles. The molecule has 0 saturated carbocycles. The average molecular weight is 827 g/mol. The number of alkyl carbamates (subject to hydrolysis) is 1. The number of carbonyl (C=O) groups excluding carboxylic acids is 7. The Bertz CT molecular complexity index is 2620. The number of amides is 6. The molecule has 6 amide bonds. The monoisotopic (exact) mass is 826 g/mol. The third-order valence-electron chi connectivity index (χ3n) is 10.4. The predicted molar refractivity (Wildman–Crippen MR) is 197 cm³/mol. The summed E-state index contributed by atoms with van der Waals surface area (Å²) in [6.07, 6.45) is -1.74. The minimum atomic E-state index is -2.47. The second kappa shape index (κ2) is 15.3. The Morgan fingerprint density at radius 2 is 1.02 bits per heavy atom. The van der Waals surface area contributed by atoms with E-state index in [2.05, 4.69) is 15.4 Å². The fourth-order valence-corrected chi connectivity index (χ4v) is 7.59. The van der Waals surface area contributed by atoms with Gasteiger partial charge >= 0.3 is 12.1 Å². The number of halogens is 5. The number of fused-ring (bicyclic) bond motifs is 3. The van der Waals surface area contributed by atoms with Crippen LogP contribution in [0.1, 0.15) is 64.9 Å². The summed E-state index contributed by atoms with van der Waals surface area (Å²) < 4.78 is 78.3. The first-order valence-corrected chi connectivity index (χ1v) is 18.2. The van der Waals surface area contributed by atoms with Gasteiger partial charge in [-0.1, -0.05) is 48.5 Å². The lowest BCUT2D eigenvalue weighted by atomic mass is 9.86. The van der Waals surface area contributed by atoms with Crippen molar-refractivity contribution in [3.05, 3.63) is 135 Å². The normalized spacial score (nSPS) is 14.0. The van der Waals surface area contributed by atoms with Gasteiger partial charge in [-0.2, -0.15) is 8.78 Å². The summed E-state index contributed by atoms with van der Waals surface area (Å²) in [4.78, 5) is 93.1. The third kappa shape index (κ3) is 6.54. The molecule has 2 aliphatic heterocycles. The maximum absolute atomic E-state index is 14.0. The highest BCUT2D eigenvalue weighted by atomic mass is 19.2. The van der Waals surface area contributed by atoms with Crippen LogP contribution in [-0.2, 0) is 14.3 Å². The number of hydrogen-bond acceptors (Lipinski definition) is 9. The molecule has 2 N–H and O–H groups in total. The van der Waals surface area contributed by atoms with Gasteiger partial charge in [-0.25, -0.2) is 18.0 Å². The number of esters is 1. The molecule has 304 valence electrons. The summed E-state index contributed by atoms with van der Waals surface area (Å²) in [5.41, 5.74) is 3.80. The van der Waals surface area contributed by atoms with E-state index < -0.39 is 95.9 Å². The molecule has 18 heteroatoms. The average Bonchev–Trinajstić information content (AvgIpc) is 3.57. The zero-order valence-electron chi connectivity index (χ0n) is 30.7. The van der Waals surface area contributed by atoms with E-state index in [9.17, 15) is 55.5 Å². The fourth-order valence-electron chi connectivity index (χ4n) is 7.59. The van der Waals surface area contributed by atoms with Gasteiger partial charge in [-0.3, -0.25) is 38.6 Å². The van der Waals surface area contributed by atoms with Crippen LogP contribution in [0.4, 0.5) is 26.7 Å². The van der Waals surface area contributed by atoms with Gasteiger partial charge in [0.05, 0.1) is 13.0 Å². The smallest absolute Gasteiger partial charge is 0.407 e. The number of benzene rings is 5. The lowest BCUT2D eigenvalue weighted by Gasteiger charge is -2.31. The quantitative estimate of drug-likeness (QED) is 0.0444. The van der Waals surface area contributed by atoms with Crippen molar-refractivity contribution in [1.29, 1.82) is 0 Å². The lowest BCUT2D eigenvalue weighted by molar-refractivity contribution is -0.135. The van der Waals surface area contributed by atoms with E-state index in [1.807, 2.05) is 48.5 Å². The minimum absolute atomic E-state index is 0.0136. The fraction of sp³-hybridized carbons (Fsp3) is 0.167. The van der Waals surface area contributed by atoms with E-state index >= 15 is 0 Å². The van der Waals surface area contributed by atoms with Crippen LogP contribution < -0.4 is 15.4 Å². The summed E-state index contributed by atoms with van der Waals surface area (Å²) in [7, 11) is 0. The van der Waals surface area contributed by atoms with Gasteiger partial charge in [-0.05, 0) is 46.5 Å². The molecule has 0 atom stereocenters. The molecule has 0 saturated heterocycles. The van der Waals surface area contributed by atoms with Crippen LogP contribution in [-0.4, -0.2) is 84.2 Å². The van der Waals surface area contributed by atoms with E-state index in [4.69, 9.17) is 4.74 Å². The van der Waals surface area contributed by atoms with E-state index in [0.29, 0.717) is 4.90 Å². The molecule has 5 aromatic rings. The maximum Gasteiger partial charge on any atom is 0.407 e. The Morgan fingerprint density at radius 1 is 0.567 bits per heavy atom. The second-order valence-electron chi connectivity index (χ2n) is 13.7. The highest BCUT2D eigenvalue weighted by Crippen LogP contribution is 2.44. The first-order valence-electron chi connectivity index (χ1n) is 18.2. The third-order valence-corrected chi connectivity index (χ3v) is 10.4. The van der Waals surface area contributed by atoms with Crippen molar-refractivity contribution in [2.45, 2.75) is 12.3 Å². The summed E-state index contributed by atoms with van der Waals surface area (Å²) in [5, 5.41) is 4.91. The highest BCUT2D eigenvalue weighted by molar-refractivity contribution is 6.33. The Morgan fingerprint density at radius 3 is 1.52 bits per heavy atom. The zero-order valence-corrected chi connectivity index (χ0v) is 30.7. The lowest BCUT2D eigenvalue weighted by Crippen LogP contribution is -2.46. The topological polar surface area (TPSA) is 168 Å². The molecule has 13 nitrogen and oxygen atoms in total. The molecule has 2 heterocycles. The van der Waals surface area contributed by atoms with Gasteiger partial charge in [0.15, 0.2) is 0 Å². The second-order valence-corrected chi connectivity index (χ2v) is 13.7. The number of imide groups is 2. The van der Waals surface area contributed by atoms with Crippen molar-refractivity contribution in [2.75, 3.05) is 32.8 Å². The molecule has 3 aliphatic rings. The number of carbonyl (C=O) groups is 7. The van der Waals surface area contributed by atoms with Crippen molar-refractivity contribution in [3.63, 3.8) is 0 Å². The molecule has 0 aromatic heterocycles. The van der Waals surface area contributed by atoms with Crippen LogP contribution in [0.3, 0.4) is 0 Å². The largest absolute Gasteiger partial charge is 0.449 e. The van der Waals surface area contributed by atoms with Crippen molar-refractivity contribution in [3.8, 4) is 16.9 Å². The van der Waals surface area contributed by atoms with Gasteiger partial charge in [0, 0.05) is 58.6 Å². The van der Waals surface area contributed by atoms with Crippen molar-refractivity contribution in [1.82, 2.24) is 20.4 Å². The Labute approximate surface area is 334 Å². The molecular formula is C42H27F5N4O9. The molecule has 0 bridgehead atoms. The SMILES string of the molecule is O=C(CNC(=O)OCC1c2ccccc2-c2ccccc21)NCCN1C(=O)c2ccc3c4c(ccc(c24)C1=O)C(=O)N(CCC(=O)Oc1c(F)c(F)c(F)c(F)c1F)C3=O. The number of ether oxygens (including phenoxy) is 2. The Balaban J connectivity index is 0.868. The molecule has 60 heavy (non-hydrogen) atoms. The number of nitrogens with zero attached hydrogens (tertiary/aromatic N) is 2. The van der Waals surface area contributed by atoms with E-state index in [1.165, 1.54) is 24.3 Å². The Hall–Kier alpha value is -7.50. The van der Waals surface area contributed by atoms with Gasteiger partial charge in [0.25, 0.3) is 23.6 Å². The first kappa shape index (κ1) is 39.3. The highest BCUT2D eigenvalue weighted by Gasteiger charge is 2.40. The number of hydrogen-bond donors (Lipinski definition) is 2. The van der Waals surface area contributed by atoms with Gasteiger partial charge in [0.2, 0.25) is 40.7 Å². The van der Waals surface area contributed by atoms with Gasteiger partial charge in [0.1, 0.15) is 6.61 Å². The van der Waals surface area contributed by atoms with Crippen LogP contribution in [0.2, 0.25) is 0 Å². The summed E-state index contributed by atoms with van der Waals surface area (Å²) >= 11 is 0. The molecule has 0 fully saturated rings. The van der Waals surface area contributed by atoms with Crippen LogP contribution in [0, 0.1) is 29.1 Å². The van der Waals surface area contributed by atoms with Crippen LogP contribution in [0.5, 0.6) is 5.75 Å². The van der Waals surface area contributed by atoms with Crippen molar-refractivity contribution >= 4 is 52.4 Å². The molecular weight excluding hydrogens is 799 g/mol. The number of nitrogens with one attached hydrogen (secondary N) is 2. The van der Waals surface area contributed by atoms with Gasteiger partial charge in [-0.15, -0.1) is 0 Å². The van der Waals surface area contributed by atoms with E-state index in [-0.39, 0.29) is 58.6 Å². The summed E-state index contributed by atoms with van der Waals surface area (Å²) in [5.74, 6) is -19.7. The van der Waals surface area contributed by atoms with Crippen LogP contribution in [0.25, 0.3) is 21.9 Å². The predicted octanol–water partition coefficient (Wildman–Crippen LogP) is 5.38. The molecule has 0 radical (unpaired) electrons. The van der Waals surface area contributed by atoms with Crippen LogP contribution >= 0.6 is 0 Å². The molecule has 0 unspecified atom stereocenters. The summed E-state index contributed by atoms with van der Waals surface area (Å²) in [6.45, 7) is -1.65. The van der Waals surface area contributed by atoms with Crippen LogP contribution in [0.15, 0.2) is 72.8 Å². The molecule has 8 rings (SSSR count). The van der Waals surface area contributed by atoms with E-state index in [1.54, 1.807) is 0 Å². The maximum atomic E-state index is 14.0. The van der Waals surface area contributed by atoms with Crippen molar-refractivity contribution < 1.29 is 65.0 Å². The molecule has 0 spiro atoms. The standard InChI is InChI=1S/C42H27F5N4O9/c43-32-33(44)35(46)37(36(47)34(32)45)60-29(53)13-15-50-38(54)23-9-11-25-31-26(12-10-24(30(23)31)39(50)55)41(57)51(40(25)56)16-14-48-28(52)17-49-42(58)59-18-27-21-7-3-1-5-19(21)20-6-2-4-8-22(20)27/h1-12,27H,13-18H2,(H,48,52)(H,49,58). The first-order chi connectivity index (χ1) is 28.8. The molecule has 1 aliphatic carbocycles. The van der Waals surface area contributed by atoms with E-state index in [0.717, 1.165) is 27.2 Å². The Kier molecular flexibility index (Phi) is 10.1. The summed E-state index contributed by atoms with van der Waals surface area (Å²) in [6, 6.07) is 20.6. The number of rotatable bonds is 11. The van der Waals surface area contributed by atoms with Gasteiger partial charge < -0.3 is 20.1 Å².